The number of aryl methyl sites for hydroxylation is 1. The number of aliphatic hydroxyl groups is 3. The van der Waals surface area contributed by atoms with E-state index < -0.39 is 43.2 Å². The molecule has 0 unspecified atom stereocenters. The highest BCUT2D eigenvalue weighted by Gasteiger charge is 2.45. The molecule has 0 aliphatic carbocycles. The molecule has 250 valence electrons. The van der Waals surface area contributed by atoms with Gasteiger partial charge in [0.1, 0.15) is 36.8 Å². The molecule has 46 heavy (non-hydrogen) atoms. The molecule has 0 spiro atoms. The molecule has 0 saturated carbocycles. The maximum Gasteiger partial charge on any atom is 0.252 e. The lowest BCUT2D eigenvalue weighted by molar-refractivity contribution is -0.261. The van der Waals surface area contributed by atoms with E-state index >= 15 is 0 Å². The molecule has 1 saturated heterocycles. The topological polar surface area (TPSA) is 135 Å². The number of carbonyl (C=O) groups excluding carboxylic acids is 1. The number of aromatic nitrogens is 2. The zero-order chi connectivity index (χ0) is 33.2. The summed E-state index contributed by atoms with van der Waals surface area (Å²) < 4.78 is 19.0. The van der Waals surface area contributed by atoms with Crippen molar-refractivity contribution in [2.45, 2.75) is 102 Å². The molecule has 5 atom stereocenters. The van der Waals surface area contributed by atoms with Crippen LogP contribution in [0.2, 0.25) is 10.0 Å². The van der Waals surface area contributed by atoms with Crippen molar-refractivity contribution in [3.8, 4) is 18.1 Å². The van der Waals surface area contributed by atoms with Crippen LogP contribution in [0.3, 0.4) is 0 Å². The second-order valence-electron chi connectivity index (χ2n) is 11.5. The molecule has 1 aliphatic rings. The molecule has 1 fully saturated rings. The first-order valence-electron chi connectivity index (χ1n) is 15.7. The summed E-state index contributed by atoms with van der Waals surface area (Å²) in [4.78, 5) is 18.1. The third-order valence-corrected chi connectivity index (χ3v) is 9.09. The first-order chi connectivity index (χ1) is 22.2. The molecule has 4 rings (SSSR count). The summed E-state index contributed by atoms with van der Waals surface area (Å²) in [5, 5.41) is 33.3. The van der Waals surface area contributed by atoms with Gasteiger partial charge in [0.05, 0.1) is 27.7 Å². The van der Waals surface area contributed by atoms with Crippen LogP contribution in [0.15, 0.2) is 30.3 Å². The number of rotatable bonds is 16. The van der Waals surface area contributed by atoms with Gasteiger partial charge in [0.15, 0.2) is 12.0 Å². The van der Waals surface area contributed by atoms with Crippen molar-refractivity contribution in [2.75, 3.05) is 13.7 Å². The summed E-state index contributed by atoms with van der Waals surface area (Å²) in [6.45, 7) is 2.03. The SMILES string of the molecule is C#CCCCCCCCCCn1c(COc2c(Cl)cc(C(=O)N[C@H]3[C@@H](OC)O[C@H](CO)[C@@H](O)[C@@H]3O)c(C)c2Cl)nc2ccccc21. The number of para-hydroxylation sites is 2. The van der Waals surface area contributed by atoms with Gasteiger partial charge in [-0.2, -0.15) is 0 Å². The van der Waals surface area contributed by atoms with E-state index in [1.54, 1.807) is 6.92 Å². The number of halogens is 2. The van der Waals surface area contributed by atoms with Crippen LogP contribution < -0.4 is 10.1 Å². The van der Waals surface area contributed by atoms with Crippen molar-refractivity contribution < 1.29 is 34.3 Å². The Morgan fingerprint density at radius 2 is 1.80 bits per heavy atom. The van der Waals surface area contributed by atoms with E-state index in [1.165, 1.54) is 38.9 Å². The Labute approximate surface area is 280 Å². The molecular formula is C34H43Cl2N3O7. The third kappa shape index (κ3) is 8.52. The largest absolute Gasteiger partial charge is 0.483 e. The van der Waals surface area contributed by atoms with Gasteiger partial charge in [0.2, 0.25) is 0 Å². The number of unbranched alkanes of at least 4 members (excludes halogenated alkanes) is 7. The van der Waals surface area contributed by atoms with E-state index in [4.69, 9.17) is 48.8 Å². The van der Waals surface area contributed by atoms with E-state index in [0.29, 0.717) is 5.56 Å². The van der Waals surface area contributed by atoms with Crippen molar-refractivity contribution >= 4 is 40.1 Å². The smallest absolute Gasteiger partial charge is 0.252 e. The van der Waals surface area contributed by atoms with Gasteiger partial charge in [0.25, 0.3) is 5.91 Å². The van der Waals surface area contributed by atoms with Gasteiger partial charge < -0.3 is 39.4 Å². The number of carbonyl (C=O) groups is 1. The molecule has 0 bridgehead atoms. The second-order valence-corrected chi connectivity index (χ2v) is 12.3. The Morgan fingerprint density at radius 1 is 1.11 bits per heavy atom. The zero-order valence-corrected chi connectivity index (χ0v) is 27.8. The summed E-state index contributed by atoms with van der Waals surface area (Å²) in [5.41, 5.74) is 2.44. The van der Waals surface area contributed by atoms with Crippen molar-refractivity contribution in [2.24, 2.45) is 0 Å². The molecule has 4 N–H and O–H groups in total. The number of nitrogens with one attached hydrogen (secondary N) is 1. The molecule has 1 amide bonds. The Balaban J connectivity index is 1.43. The molecule has 1 aromatic heterocycles. The number of terminal acetylenes is 1. The molecule has 0 radical (unpaired) electrons. The molecule has 2 heterocycles. The lowest BCUT2D eigenvalue weighted by atomic mass is 9.96. The average molecular weight is 677 g/mol. The molecule has 3 aromatic rings. The normalized spacial score (nSPS) is 21.3. The highest BCUT2D eigenvalue weighted by Crippen LogP contribution is 2.38. The predicted octanol–water partition coefficient (Wildman–Crippen LogP) is 5.17. The zero-order valence-electron chi connectivity index (χ0n) is 26.3. The summed E-state index contributed by atoms with van der Waals surface area (Å²) in [6, 6.07) is 8.25. The number of hydrogen-bond donors (Lipinski definition) is 4. The van der Waals surface area contributed by atoms with E-state index in [-0.39, 0.29) is 28.0 Å². The van der Waals surface area contributed by atoms with Crippen LogP contribution in [0.5, 0.6) is 5.75 Å². The maximum absolute atomic E-state index is 13.3. The molecule has 2 aromatic carbocycles. The van der Waals surface area contributed by atoms with Gasteiger partial charge in [-0.15, -0.1) is 12.3 Å². The van der Waals surface area contributed by atoms with Crippen LogP contribution in [0.1, 0.15) is 73.1 Å². The van der Waals surface area contributed by atoms with E-state index in [1.807, 2.05) is 24.3 Å². The lowest BCUT2D eigenvalue weighted by Crippen LogP contribution is -2.64. The summed E-state index contributed by atoms with van der Waals surface area (Å²) in [7, 11) is 1.33. The van der Waals surface area contributed by atoms with Crippen LogP contribution in [0, 0.1) is 19.3 Å². The summed E-state index contributed by atoms with van der Waals surface area (Å²) in [6.07, 6.45) is 9.05. The monoisotopic (exact) mass is 675 g/mol. The Kier molecular flexibility index (Phi) is 13.5. The van der Waals surface area contributed by atoms with Crippen LogP contribution in [-0.2, 0) is 22.6 Å². The molecular weight excluding hydrogens is 633 g/mol. The van der Waals surface area contributed by atoms with Crippen LogP contribution in [0.4, 0.5) is 0 Å². The number of ether oxygens (including phenoxy) is 3. The van der Waals surface area contributed by atoms with Crippen LogP contribution >= 0.6 is 23.2 Å². The Bertz CT molecular complexity index is 1510. The van der Waals surface area contributed by atoms with Crippen molar-refractivity contribution in [3.05, 3.63) is 57.3 Å². The molecule has 12 heteroatoms. The van der Waals surface area contributed by atoms with Gasteiger partial charge >= 0.3 is 0 Å². The van der Waals surface area contributed by atoms with Crippen molar-refractivity contribution in [3.63, 3.8) is 0 Å². The number of fused-ring (bicyclic) bond motifs is 1. The quantitative estimate of drug-likeness (QED) is 0.121. The first kappa shape index (κ1) is 36.0. The fourth-order valence-electron chi connectivity index (χ4n) is 5.73. The number of benzene rings is 2. The Morgan fingerprint density at radius 3 is 2.50 bits per heavy atom. The second kappa shape index (κ2) is 17.3. The summed E-state index contributed by atoms with van der Waals surface area (Å²) >= 11 is 13.3. The lowest BCUT2D eigenvalue weighted by Gasteiger charge is -2.41. The number of nitrogens with zero attached hydrogens (tertiary/aromatic N) is 2. The first-order valence-corrected chi connectivity index (χ1v) is 16.4. The highest BCUT2D eigenvalue weighted by atomic mass is 35.5. The van der Waals surface area contributed by atoms with Crippen molar-refractivity contribution in [1.82, 2.24) is 14.9 Å². The number of hydrogen-bond acceptors (Lipinski definition) is 8. The minimum Gasteiger partial charge on any atom is -0.483 e. The van der Waals surface area contributed by atoms with E-state index in [9.17, 15) is 20.1 Å². The van der Waals surface area contributed by atoms with Gasteiger partial charge in [-0.3, -0.25) is 4.79 Å². The van der Waals surface area contributed by atoms with Gasteiger partial charge in [0, 0.05) is 25.6 Å². The molecule has 1 aliphatic heterocycles. The molecule has 10 nitrogen and oxygen atoms in total. The third-order valence-electron chi connectivity index (χ3n) is 8.36. The number of imidazole rings is 1. The predicted molar refractivity (Wildman–Crippen MR) is 177 cm³/mol. The van der Waals surface area contributed by atoms with Crippen LogP contribution in [-0.4, -0.2) is 75.1 Å². The maximum atomic E-state index is 13.3. The minimum atomic E-state index is -1.46. The van der Waals surface area contributed by atoms with E-state index in [0.717, 1.165) is 49.1 Å². The van der Waals surface area contributed by atoms with Gasteiger partial charge in [-0.05, 0) is 43.5 Å². The van der Waals surface area contributed by atoms with Gasteiger partial charge in [-0.1, -0.05) is 67.4 Å². The fourth-order valence-corrected chi connectivity index (χ4v) is 6.30. The number of aliphatic hydroxyl groups excluding tert-OH is 3. The van der Waals surface area contributed by atoms with Gasteiger partial charge in [-0.25, -0.2) is 4.98 Å². The Hall–Kier alpha value is -2.88. The average Bonchev–Trinajstić information content (AvgIpc) is 3.41. The standard InChI is InChI=1S/C34H43Cl2N3O7/c1-4-5-6-7-8-9-10-11-14-17-39-25-16-13-12-15-24(25)37-27(39)20-45-32-23(35)18-22(21(2)28(32)36)33(43)38-29-31(42)30(41)26(19-40)46-34(29)44-3/h1,12-13,15-16,18,26,29-31,34,40-42H,5-11,14,17,19-20H2,2-3H3,(H,38,43)/t26-,29-,30-,31-,34+/m1/s1. The summed E-state index contributed by atoms with van der Waals surface area (Å²) in [5.74, 6) is 3.03. The number of amides is 1. The minimum absolute atomic E-state index is 0.110. The van der Waals surface area contributed by atoms with Crippen molar-refractivity contribution in [1.29, 1.82) is 0 Å². The highest BCUT2D eigenvalue weighted by molar-refractivity contribution is 6.38. The van der Waals surface area contributed by atoms with E-state index in [2.05, 4.69) is 15.8 Å². The van der Waals surface area contributed by atoms with Crippen LogP contribution in [0.25, 0.3) is 11.0 Å². The number of methoxy groups -OCH3 is 1. The fraction of sp³-hybridized carbons (Fsp3) is 0.529.